The Labute approximate surface area is 155 Å². The first-order valence-electron chi connectivity index (χ1n) is 9.22. The highest BCUT2D eigenvalue weighted by molar-refractivity contribution is 5.81. The van der Waals surface area contributed by atoms with E-state index in [4.69, 9.17) is 4.74 Å². The van der Waals surface area contributed by atoms with Crippen LogP contribution >= 0.6 is 0 Å². The number of hydrogen-bond acceptors (Lipinski definition) is 4. The summed E-state index contributed by atoms with van der Waals surface area (Å²) in [5, 5.41) is 3.05. The largest absolute Gasteiger partial charge is 0.379 e. The third-order valence-corrected chi connectivity index (χ3v) is 4.53. The van der Waals surface area contributed by atoms with Crippen LogP contribution in [0.5, 0.6) is 0 Å². The molecule has 5 heteroatoms. The second kappa shape index (κ2) is 9.94. The molecule has 138 valence electrons. The number of amides is 1. The van der Waals surface area contributed by atoms with Crippen LogP contribution in [0.2, 0.25) is 0 Å². The Morgan fingerprint density at radius 1 is 1.00 bits per heavy atom. The fourth-order valence-corrected chi connectivity index (χ4v) is 3.09. The van der Waals surface area contributed by atoms with Gasteiger partial charge in [-0.3, -0.25) is 9.69 Å². The van der Waals surface area contributed by atoms with E-state index in [0.717, 1.165) is 38.5 Å². The average molecular weight is 353 g/mol. The molecule has 1 aliphatic heterocycles. The number of morpholine rings is 1. The molecule has 0 aromatic heterocycles. The Balaban J connectivity index is 1.53. The summed E-state index contributed by atoms with van der Waals surface area (Å²) in [7, 11) is 0. The Bertz CT molecular complexity index is 657. The van der Waals surface area contributed by atoms with E-state index in [2.05, 4.69) is 27.2 Å². The molecule has 1 fully saturated rings. The number of nitrogens with zero attached hydrogens (tertiary/aromatic N) is 2. The molecule has 0 atom stereocenters. The molecule has 5 nitrogen and oxygen atoms in total. The summed E-state index contributed by atoms with van der Waals surface area (Å²) in [6.07, 6.45) is 0. The van der Waals surface area contributed by atoms with Crippen molar-refractivity contribution in [2.24, 2.45) is 0 Å². The van der Waals surface area contributed by atoms with Gasteiger partial charge in [-0.05, 0) is 17.7 Å². The molecule has 1 aliphatic rings. The lowest BCUT2D eigenvalue weighted by Gasteiger charge is -2.27. The van der Waals surface area contributed by atoms with Crippen molar-refractivity contribution in [1.29, 1.82) is 0 Å². The molecule has 1 saturated heterocycles. The topological polar surface area (TPSA) is 44.8 Å². The van der Waals surface area contributed by atoms with Gasteiger partial charge in [0.2, 0.25) is 5.91 Å². The van der Waals surface area contributed by atoms with E-state index in [1.54, 1.807) is 0 Å². The van der Waals surface area contributed by atoms with Crippen LogP contribution in [0.1, 0.15) is 5.56 Å². The van der Waals surface area contributed by atoms with Crippen LogP contribution in [-0.2, 0) is 16.1 Å². The summed E-state index contributed by atoms with van der Waals surface area (Å²) < 4.78 is 5.35. The number of para-hydroxylation sites is 1. The second-order valence-corrected chi connectivity index (χ2v) is 6.48. The quantitative estimate of drug-likeness (QED) is 0.790. The molecule has 1 N–H and O–H groups in total. The van der Waals surface area contributed by atoms with Crippen molar-refractivity contribution in [3.8, 4) is 0 Å². The zero-order valence-corrected chi connectivity index (χ0v) is 15.1. The predicted octanol–water partition coefficient (Wildman–Crippen LogP) is 2.14. The van der Waals surface area contributed by atoms with Gasteiger partial charge in [0.1, 0.15) is 0 Å². The van der Waals surface area contributed by atoms with Crippen LogP contribution in [-0.4, -0.2) is 56.7 Å². The zero-order chi connectivity index (χ0) is 18.0. The van der Waals surface area contributed by atoms with Gasteiger partial charge in [0, 0.05) is 38.4 Å². The highest BCUT2D eigenvalue weighted by Crippen LogP contribution is 2.16. The average Bonchev–Trinajstić information content (AvgIpc) is 2.70. The maximum Gasteiger partial charge on any atom is 0.239 e. The van der Waals surface area contributed by atoms with Crippen LogP contribution in [0.4, 0.5) is 5.69 Å². The zero-order valence-electron chi connectivity index (χ0n) is 15.1. The second-order valence-electron chi connectivity index (χ2n) is 6.48. The SMILES string of the molecule is O=C(CN(Cc1ccccc1)c1ccccc1)NCCN1CCOCC1. The number of carbonyl (C=O) groups is 1. The van der Waals surface area contributed by atoms with E-state index < -0.39 is 0 Å². The third-order valence-electron chi connectivity index (χ3n) is 4.53. The molecule has 1 amide bonds. The number of carbonyl (C=O) groups excluding carboxylic acids is 1. The van der Waals surface area contributed by atoms with Crippen molar-refractivity contribution in [3.63, 3.8) is 0 Å². The molecule has 0 saturated carbocycles. The smallest absolute Gasteiger partial charge is 0.239 e. The lowest BCUT2D eigenvalue weighted by Crippen LogP contribution is -2.43. The lowest BCUT2D eigenvalue weighted by molar-refractivity contribution is -0.119. The molecule has 1 heterocycles. The van der Waals surface area contributed by atoms with E-state index >= 15 is 0 Å². The molecular formula is C21H27N3O2. The molecule has 0 bridgehead atoms. The molecule has 2 aromatic carbocycles. The number of anilines is 1. The van der Waals surface area contributed by atoms with Crippen LogP contribution in [0.25, 0.3) is 0 Å². The monoisotopic (exact) mass is 353 g/mol. The third kappa shape index (κ3) is 5.86. The molecule has 26 heavy (non-hydrogen) atoms. The number of ether oxygens (including phenoxy) is 1. The molecule has 0 unspecified atom stereocenters. The highest BCUT2D eigenvalue weighted by Gasteiger charge is 2.13. The van der Waals surface area contributed by atoms with Gasteiger partial charge < -0.3 is 15.0 Å². The summed E-state index contributed by atoms with van der Waals surface area (Å²) >= 11 is 0. The highest BCUT2D eigenvalue weighted by atomic mass is 16.5. The fraction of sp³-hybridized carbons (Fsp3) is 0.381. The van der Waals surface area contributed by atoms with Crippen molar-refractivity contribution in [2.45, 2.75) is 6.54 Å². The van der Waals surface area contributed by atoms with Crippen molar-refractivity contribution in [3.05, 3.63) is 66.2 Å². The molecule has 0 spiro atoms. The maximum atomic E-state index is 12.5. The summed E-state index contributed by atoms with van der Waals surface area (Å²) in [6, 6.07) is 20.3. The summed E-state index contributed by atoms with van der Waals surface area (Å²) in [4.78, 5) is 16.9. The number of benzene rings is 2. The first-order chi connectivity index (χ1) is 12.8. The first kappa shape index (κ1) is 18.4. The Morgan fingerprint density at radius 2 is 1.65 bits per heavy atom. The van der Waals surface area contributed by atoms with Gasteiger partial charge in [0.15, 0.2) is 0 Å². The summed E-state index contributed by atoms with van der Waals surface area (Å²) in [5.74, 6) is 0.0537. The van der Waals surface area contributed by atoms with Crippen LogP contribution in [0.15, 0.2) is 60.7 Å². The Hall–Kier alpha value is -2.37. The van der Waals surface area contributed by atoms with Crippen molar-refractivity contribution in [2.75, 3.05) is 50.8 Å². The fourth-order valence-electron chi connectivity index (χ4n) is 3.09. The number of nitrogens with one attached hydrogen (secondary N) is 1. The van der Waals surface area contributed by atoms with Gasteiger partial charge in [-0.1, -0.05) is 48.5 Å². The van der Waals surface area contributed by atoms with E-state index in [-0.39, 0.29) is 5.91 Å². The van der Waals surface area contributed by atoms with E-state index in [1.807, 2.05) is 48.5 Å². The van der Waals surface area contributed by atoms with E-state index in [0.29, 0.717) is 19.6 Å². The van der Waals surface area contributed by atoms with Gasteiger partial charge in [-0.15, -0.1) is 0 Å². The summed E-state index contributed by atoms with van der Waals surface area (Å²) in [5.41, 5.74) is 2.25. The molecular weight excluding hydrogens is 326 g/mol. The molecule has 0 radical (unpaired) electrons. The minimum atomic E-state index is 0.0537. The minimum Gasteiger partial charge on any atom is -0.379 e. The van der Waals surface area contributed by atoms with Gasteiger partial charge in [0.25, 0.3) is 0 Å². The number of rotatable bonds is 8. The Morgan fingerprint density at radius 3 is 2.35 bits per heavy atom. The van der Waals surface area contributed by atoms with Crippen LogP contribution < -0.4 is 10.2 Å². The molecule has 3 rings (SSSR count). The van der Waals surface area contributed by atoms with Crippen molar-refractivity contribution < 1.29 is 9.53 Å². The van der Waals surface area contributed by atoms with Crippen LogP contribution in [0.3, 0.4) is 0 Å². The first-order valence-corrected chi connectivity index (χ1v) is 9.22. The molecule has 2 aromatic rings. The van der Waals surface area contributed by atoms with Gasteiger partial charge >= 0.3 is 0 Å². The standard InChI is InChI=1S/C21H27N3O2/c25-21(22-11-12-23-13-15-26-16-14-23)18-24(20-9-5-2-6-10-20)17-19-7-3-1-4-8-19/h1-10H,11-18H2,(H,22,25). The molecule has 0 aliphatic carbocycles. The maximum absolute atomic E-state index is 12.5. The summed E-state index contributed by atoms with van der Waals surface area (Å²) in [6.45, 7) is 6.06. The predicted molar refractivity (Wildman–Crippen MR) is 104 cm³/mol. The van der Waals surface area contributed by atoms with Gasteiger partial charge in [0.05, 0.1) is 19.8 Å². The minimum absolute atomic E-state index is 0.0537. The number of hydrogen-bond donors (Lipinski definition) is 1. The van der Waals surface area contributed by atoms with Gasteiger partial charge in [-0.2, -0.15) is 0 Å². The van der Waals surface area contributed by atoms with E-state index in [1.165, 1.54) is 5.56 Å². The van der Waals surface area contributed by atoms with Crippen molar-refractivity contribution >= 4 is 11.6 Å². The van der Waals surface area contributed by atoms with E-state index in [9.17, 15) is 4.79 Å². The van der Waals surface area contributed by atoms with Gasteiger partial charge in [-0.25, -0.2) is 0 Å². The normalized spacial score (nSPS) is 14.8. The van der Waals surface area contributed by atoms with Crippen molar-refractivity contribution in [1.82, 2.24) is 10.2 Å². The Kier molecular flexibility index (Phi) is 7.05. The lowest BCUT2D eigenvalue weighted by atomic mass is 10.2. The van der Waals surface area contributed by atoms with Crippen LogP contribution in [0, 0.1) is 0 Å².